The Morgan fingerprint density at radius 3 is 2.65 bits per heavy atom. The molecule has 3 fully saturated rings. The summed E-state index contributed by atoms with van der Waals surface area (Å²) >= 11 is 0. The molecule has 114 valence electrons. The summed E-state index contributed by atoms with van der Waals surface area (Å²) in [6.45, 7) is 0. The number of aromatic amines is 1. The average Bonchev–Trinajstić information content (AvgIpc) is 2.88. The van der Waals surface area contributed by atoms with Crippen molar-refractivity contribution in [3.63, 3.8) is 0 Å². The minimum absolute atomic E-state index is 0.0516. The van der Waals surface area contributed by atoms with Crippen LogP contribution in [0.25, 0.3) is 22.3 Å². The van der Waals surface area contributed by atoms with Crippen molar-refractivity contribution in [3.8, 4) is 17.0 Å². The predicted octanol–water partition coefficient (Wildman–Crippen LogP) is 2.95. The number of benzene rings is 1. The third-order valence-corrected chi connectivity index (χ3v) is 5.45. The first-order valence-corrected chi connectivity index (χ1v) is 7.75. The van der Waals surface area contributed by atoms with Crippen molar-refractivity contribution in [2.75, 3.05) is 0 Å². The lowest BCUT2D eigenvalue weighted by Gasteiger charge is -2.67. The highest BCUT2D eigenvalue weighted by molar-refractivity contribution is 5.82. The van der Waals surface area contributed by atoms with Crippen molar-refractivity contribution in [1.29, 1.82) is 0 Å². The molecule has 0 spiro atoms. The average molecular weight is 305 g/mol. The highest BCUT2D eigenvalue weighted by Crippen LogP contribution is 2.72. The number of carbonyl (C=O) groups is 1. The van der Waals surface area contributed by atoms with Crippen molar-refractivity contribution >= 4 is 17.3 Å². The Labute approximate surface area is 132 Å². The van der Waals surface area contributed by atoms with Gasteiger partial charge in [-0.05, 0) is 43.5 Å². The van der Waals surface area contributed by atoms with E-state index in [-0.39, 0.29) is 16.6 Å². The van der Waals surface area contributed by atoms with Gasteiger partial charge < -0.3 is 14.9 Å². The first-order valence-electron chi connectivity index (χ1n) is 7.75. The third-order valence-electron chi connectivity index (χ3n) is 5.45. The zero-order valence-corrected chi connectivity index (χ0v) is 12.4. The zero-order valence-electron chi connectivity index (χ0n) is 12.4. The monoisotopic (exact) mass is 305 g/mol. The van der Waals surface area contributed by atoms with Gasteiger partial charge in [0.2, 0.25) is 0 Å². The van der Waals surface area contributed by atoms with Crippen LogP contribution in [0, 0.1) is 5.41 Å². The summed E-state index contributed by atoms with van der Waals surface area (Å²) in [4.78, 5) is 14.4. The number of phenols is 1. The largest absolute Gasteiger partial charge is 0.507 e. The fourth-order valence-corrected chi connectivity index (χ4v) is 4.32. The number of carbonyl (C=O) groups excluding carboxylic acids is 1. The van der Waals surface area contributed by atoms with Crippen molar-refractivity contribution < 1.29 is 9.90 Å². The van der Waals surface area contributed by atoms with Gasteiger partial charge in [0.1, 0.15) is 12.0 Å². The van der Waals surface area contributed by atoms with Crippen LogP contribution in [-0.4, -0.2) is 26.6 Å². The molecule has 2 heterocycles. The quantitative estimate of drug-likeness (QED) is 0.729. The van der Waals surface area contributed by atoms with Crippen LogP contribution in [0.3, 0.4) is 0 Å². The number of para-hydroxylation sites is 1. The summed E-state index contributed by atoms with van der Waals surface area (Å²) in [5.41, 5.74) is 3.32. The summed E-state index contributed by atoms with van der Waals surface area (Å²) < 4.78 is 0. The Balaban J connectivity index is 1.55. The Morgan fingerprint density at radius 1 is 1.13 bits per heavy atom. The van der Waals surface area contributed by atoms with Gasteiger partial charge >= 0.3 is 0 Å². The van der Waals surface area contributed by atoms with E-state index < -0.39 is 0 Å². The number of H-pyrrole nitrogens is 1. The summed E-state index contributed by atoms with van der Waals surface area (Å²) in [7, 11) is 0. The number of nitrogens with one attached hydrogen (secondary N) is 1. The van der Waals surface area contributed by atoms with E-state index in [1.165, 1.54) is 0 Å². The van der Waals surface area contributed by atoms with Crippen molar-refractivity contribution in [3.05, 3.63) is 42.1 Å². The molecule has 0 unspecified atom stereocenters. The van der Waals surface area contributed by atoms with Crippen molar-refractivity contribution in [1.82, 2.24) is 15.2 Å². The third kappa shape index (κ3) is 1.59. The minimum atomic E-state index is -0.0516. The molecule has 23 heavy (non-hydrogen) atoms. The van der Waals surface area contributed by atoms with Crippen LogP contribution in [-0.2, 0) is 10.2 Å². The molecule has 3 saturated carbocycles. The first kappa shape index (κ1) is 12.8. The Hall–Kier alpha value is -2.69. The molecule has 2 bridgehead atoms. The summed E-state index contributed by atoms with van der Waals surface area (Å²) in [6.07, 6.45) is 3.94. The standard InChI is InChI=1S/C18H15N3O2/c22-10-17-7-18(8-17,9-17)15-6-11-5-13(20-21-16(11)19-15)12-3-1-2-4-14(12)23/h1-6,10,23H,7-9H2,(H,19,21). The van der Waals surface area contributed by atoms with E-state index in [9.17, 15) is 9.90 Å². The van der Waals surface area contributed by atoms with Gasteiger partial charge in [0, 0.05) is 27.5 Å². The normalized spacial score (nSPS) is 28.2. The SMILES string of the molecule is O=CC12CC(c3cc4cc(-c5ccccc5O)nnc4[nH]3)(C1)C2. The molecule has 6 rings (SSSR count). The number of hydrogen-bond acceptors (Lipinski definition) is 4. The smallest absolute Gasteiger partial charge is 0.160 e. The second kappa shape index (κ2) is 3.98. The van der Waals surface area contributed by atoms with E-state index in [1.807, 2.05) is 18.2 Å². The molecule has 0 aliphatic heterocycles. The van der Waals surface area contributed by atoms with Gasteiger partial charge in [-0.3, -0.25) is 0 Å². The molecule has 0 saturated heterocycles. The number of aromatic nitrogens is 3. The van der Waals surface area contributed by atoms with Crippen molar-refractivity contribution in [2.24, 2.45) is 5.41 Å². The van der Waals surface area contributed by atoms with Gasteiger partial charge in [0.25, 0.3) is 0 Å². The maximum atomic E-state index is 11.1. The lowest BCUT2D eigenvalue weighted by Crippen LogP contribution is -2.65. The number of hydrogen-bond donors (Lipinski definition) is 2. The molecule has 3 aliphatic carbocycles. The molecule has 5 nitrogen and oxygen atoms in total. The highest BCUT2D eigenvalue weighted by atomic mass is 16.3. The maximum absolute atomic E-state index is 11.1. The molecule has 2 N–H and O–H groups in total. The topological polar surface area (TPSA) is 78.9 Å². The lowest BCUT2D eigenvalue weighted by molar-refractivity contribution is -0.160. The van der Waals surface area contributed by atoms with E-state index in [0.717, 1.165) is 42.3 Å². The van der Waals surface area contributed by atoms with Gasteiger partial charge in [-0.1, -0.05) is 12.1 Å². The highest BCUT2D eigenvalue weighted by Gasteiger charge is 2.69. The van der Waals surface area contributed by atoms with Crippen LogP contribution in [0.2, 0.25) is 0 Å². The van der Waals surface area contributed by atoms with Crippen LogP contribution >= 0.6 is 0 Å². The van der Waals surface area contributed by atoms with E-state index in [0.29, 0.717) is 11.3 Å². The maximum Gasteiger partial charge on any atom is 0.160 e. The summed E-state index contributed by atoms with van der Waals surface area (Å²) in [5, 5.41) is 19.4. The fourth-order valence-electron chi connectivity index (χ4n) is 4.32. The molecular formula is C18H15N3O2. The van der Waals surface area contributed by atoms with Gasteiger partial charge in [-0.15, -0.1) is 10.2 Å². The first-order chi connectivity index (χ1) is 11.1. The second-order valence-corrected chi connectivity index (χ2v) is 7.02. The molecule has 0 radical (unpaired) electrons. The van der Waals surface area contributed by atoms with Crippen LogP contribution in [0.4, 0.5) is 0 Å². The van der Waals surface area contributed by atoms with E-state index in [1.54, 1.807) is 12.1 Å². The minimum Gasteiger partial charge on any atom is -0.507 e. The number of fused-ring (bicyclic) bond motifs is 1. The van der Waals surface area contributed by atoms with Crippen molar-refractivity contribution in [2.45, 2.75) is 24.7 Å². The number of aromatic hydroxyl groups is 1. The van der Waals surface area contributed by atoms with Gasteiger partial charge in [-0.25, -0.2) is 0 Å². The second-order valence-electron chi connectivity index (χ2n) is 7.02. The summed E-state index contributed by atoms with van der Waals surface area (Å²) in [6, 6.07) is 11.2. The Bertz CT molecular complexity index is 940. The van der Waals surface area contributed by atoms with E-state index >= 15 is 0 Å². The molecule has 0 atom stereocenters. The summed E-state index contributed by atoms with van der Waals surface area (Å²) in [5.74, 6) is 0.198. The van der Waals surface area contributed by atoms with Gasteiger partial charge in [0.05, 0.1) is 5.69 Å². The number of nitrogens with zero attached hydrogens (tertiary/aromatic N) is 2. The number of phenolic OH excluding ortho intramolecular Hbond substituents is 1. The zero-order chi connectivity index (χ0) is 15.7. The lowest BCUT2D eigenvalue weighted by atomic mass is 9.35. The molecule has 2 aromatic heterocycles. The molecule has 5 heteroatoms. The van der Waals surface area contributed by atoms with Gasteiger partial charge in [0.15, 0.2) is 5.65 Å². The van der Waals surface area contributed by atoms with Crippen LogP contribution in [0.5, 0.6) is 5.75 Å². The molecule has 1 aromatic carbocycles. The number of rotatable bonds is 3. The molecule has 0 amide bonds. The molecule has 3 aliphatic rings. The van der Waals surface area contributed by atoms with Crippen LogP contribution in [0.15, 0.2) is 36.4 Å². The molecular weight excluding hydrogens is 290 g/mol. The van der Waals surface area contributed by atoms with Crippen LogP contribution < -0.4 is 0 Å². The van der Waals surface area contributed by atoms with Gasteiger partial charge in [-0.2, -0.15) is 0 Å². The number of aldehydes is 1. The fraction of sp³-hybridized carbons (Fsp3) is 0.278. The van der Waals surface area contributed by atoms with E-state index in [4.69, 9.17) is 0 Å². The Morgan fingerprint density at radius 2 is 1.91 bits per heavy atom. The predicted molar refractivity (Wildman–Crippen MR) is 85.0 cm³/mol. The Kier molecular flexibility index (Phi) is 2.22. The van der Waals surface area contributed by atoms with Crippen LogP contribution in [0.1, 0.15) is 25.0 Å². The van der Waals surface area contributed by atoms with E-state index in [2.05, 4.69) is 21.2 Å². The molecule has 3 aromatic rings.